The Hall–Kier alpha value is -0.925. The Kier molecular flexibility index (Phi) is 3.48. The van der Waals surface area contributed by atoms with Gasteiger partial charge in [0, 0.05) is 11.7 Å². The number of nitrogens with zero attached hydrogens (tertiary/aromatic N) is 1. The lowest BCUT2D eigenvalue weighted by molar-refractivity contribution is -0.0328. The monoisotopic (exact) mass is 238 g/mol. The number of halogens is 3. The largest absolute Gasteiger partial charge is 0.490 e. The maximum atomic E-state index is 12.0. The second kappa shape index (κ2) is 4.29. The van der Waals surface area contributed by atoms with Crippen LogP contribution in [-0.2, 0) is 0 Å². The lowest BCUT2D eigenvalue weighted by Gasteiger charge is -2.08. The fourth-order valence-corrected chi connectivity index (χ4v) is 1.42. The van der Waals surface area contributed by atoms with Crippen LogP contribution in [0.25, 0.3) is 0 Å². The maximum absolute atomic E-state index is 12.0. The van der Waals surface area contributed by atoms with Crippen LogP contribution in [0.5, 0.6) is 0 Å². The molecule has 0 atom stereocenters. The minimum atomic E-state index is -4.49. The summed E-state index contributed by atoms with van der Waals surface area (Å²) in [6.45, 7) is 0. The highest BCUT2D eigenvalue weighted by molar-refractivity contribution is 8.00. The van der Waals surface area contributed by atoms with Gasteiger partial charge in [0.2, 0.25) is 0 Å². The first kappa shape index (κ1) is 12.1. The Morgan fingerprint density at radius 1 is 1.40 bits per heavy atom. The molecule has 0 spiro atoms. The summed E-state index contributed by atoms with van der Waals surface area (Å²) in [6.07, 6.45) is 1.00. The predicted molar refractivity (Wildman–Crippen MR) is 50.4 cm³/mol. The van der Waals surface area contributed by atoms with Crippen LogP contribution in [0.1, 0.15) is 0 Å². The smallest absolute Gasteiger partial charge is 0.423 e. The normalized spacial score (nSPS) is 11.5. The van der Waals surface area contributed by atoms with Gasteiger partial charge < -0.3 is 15.8 Å². The van der Waals surface area contributed by atoms with Crippen LogP contribution in [0.4, 0.5) is 19.0 Å². The van der Waals surface area contributed by atoms with Crippen LogP contribution in [0.2, 0.25) is 0 Å². The summed E-state index contributed by atoms with van der Waals surface area (Å²) in [4.78, 5) is 3.07. The molecule has 0 saturated carbocycles. The number of pyridine rings is 1. The number of alkyl halides is 3. The Bertz CT molecular complexity index is 361. The molecule has 0 saturated heterocycles. The summed E-state index contributed by atoms with van der Waals surface area (Å²) in [5, 5.41) is 17.4. The Morgan fingerprint density at radius 2 is 2.00 bits per heavy atom. The zero-order chi connectivity index (χ0) is 11.6. The molecule has 0 fully saturated rings. The van der Waals surface area contributed by atoms with E-state index in [1.54, 1.807) is 0 Å². The van der Waals surface area contributed by atoms with Crippen molar-refractivity contribution in [1.29, 1.82) is 0 Å². The number of nitrogens with two attached hydrogens (primary N) is 1. The molecule has 0 amide bonds. The summed E-state index contributed by atoms with van der Waals surface area (Å²) in [5.41, 5.74) is 0.568. The Morgan fingerprint density at radius 3 is 2.47 bits per heavy atom. The quantitative estimate of drug-likeness (QED) is 0.497. The topological polar surface area (TPSA) is 79.4 Å². The zero-order valence-electron chi connectivity index (χ0n) is 7.19. The molecule has 4 nitrogen and oxygen atoms in total. The van der Waals surface area contributed by atoms with Crippen molar-refractivity contribution in [2.24, 2.45) is 0 Å². The first-order valence-corrected chi connectivity index (χ1v) is 4.48. The molecule has 0 unspecified atom stereocenters. The molecule has 0 aromatic carbocycles. The van der Waals surface area contributed by atoms with E-state index in [-0.39, 0.29) is 16.2 Å². The highest BCUT2D eigenvalue weighted by Gasteiger charge is 2.31. The highest BCUT2D eigenvalue weighted by atomic mass is 32.2. The number of hydrogen-bond acceptors (Lipinski definition) is 5. The standard InChI is InChI=1S/C6H6BF3N2O2S/c8-6(9,10)15-4-1-3(7(13)14)2-12-5(4)11/h1-2,13-14H,(H2,11,12). The first-order chi connectivity index (χ1) is 6.79. The van der Waals surface area contributed by atoms with Crippen molar-refractivity contribution in [2.75, 3.05) is 5.73 Å². The minimum Gasteiger partial charge on any atom is -0.423 e. The van der Waals surface area contributed by atoms with E-state index in [4.69, 9.17) is 15.8 Å². The molecule has 15 heavy (non-hydrogen) atoms. The summed E-state index contributed by atoms with van der Waals surface area (Å²) < 4.78 is 36.0. The van der Waals surface area contributed by atoms with E-state index in [1.807, 2.05) is 0 Å². The van der Waals surface area contributed by atoms with Crippen LogP contribution in [0, 0.1) is 0 Å². The fraction of sp³-hybridized carbons (Fsp3) is 0.167. The molecular weight excluding hydrogens is 232 g/mol. The molecule has 9 heteroatoms. The molecule has 1 aromatic rings. The molecule has 82 valence electrons. The lowest BCUT2D eigenvalue weighted by Crippen LogP contribution is -2.30. The number of anilines is 1. The second-order valence-electron chi connectivity index (χ2n) is 2.57. The molecule has 1 rings (SSSR count). The lowest BCUT2D eigenvalue weighted by atomic mass is 9.82. The summed E-state index contributed by atoms with van der Waals surface area (Å²) in [7, 11) is -1.87. The third-order valence-electron chi connectivity index (χ3n) is 1.43. The third kappa shape index (κ3) is 3.61. The second-order valence-corrected chi connectivity index (χ2v) is 3.68. The van der Waals surface area contributed by atoms with Gasteiger partial charge in [0.1, 0.15) is 5.82 Å². The van der Waals surface area contributed by atoms with Gasteiger partial charge in [0.25, 0.3) is 0 Å². The SMILES string of the molecule is Nc1ncc(B(O)O)cc1SC(F)(F)F. The van der Waals surface area contributed by atoms with E-state index in [9.17, 15) is 13.2 Å². The van der Waals surface area contributed by atoms with Crippen molar-refractivity contribution in [1.82, 2.24) is 4.98 Å². The van der Waals surface area contributed by atoms with Crippen LogP contribution >= 0.6 is 11.8 Å². The number of aromatic nitrogens is 1. The van der Waals surface area contributed by atoms with Gasteiger partial charge >= 0.3 is 12.6 Å². The van der Waals surface area contributed by atoms with Crippen LogP contribution in [0.3, 0.4) is 0 Å². The Balaban J connectivity index is 3.01. The van der Waals surface area contributed by atoms with Crippen molar-refractivity contribution < 1.29 is 23.2 Å². The molecule has 0 aliphatic rings. The minimum absolute atomic E-state index is 0.143. The number of rotatable bonds is 2. The van der Waals surface area contributed by atoms with Crippen LogP contribution < -0.4 is 11.2 Å². The molecule has 1 heterocycles. The van der Waals surface area contributed by atoms with Gasteiger partial charge in [0.15, 0.2) is 0 Å². The zero-order valence-corrected chi connectivity index (χ0v) is 8.01. The van der Waals surface area contributed by atoms with Gasteiger partial charge in [-0.05, 0) is 17.8 Å². The van der Waals surface area contributed by atoms with E-state index >= 15 is 0 Å². The predicted octanol–water partition coefficient (Wildman–Crippen LogP) is -0.0445. The van der Waals surface area contributed by atoms with Gasteiger partial charge in [-0.3, -0.25) is 0 Å². The molecule has 1 aromatic heterocycles. The van der Waals surface area contributed by atoms with Crippen LogP contribution in [0.15, 0.2) is 17.2 Å². The fourth-order valence-electron chi connectivity index (χ4n) is 0.818. The molecule has 0 aliphatic carbocycles. The van der Waals surface area contributed by atoms with Crippen molar-refractivity contribution >= 4 is 30.2 Å². The first-order valence-electron chi connectivity index (χ1n) is 3.67. The van der Waals surface area contributed by atoms with Gasteiger partial charge in [-0.2, -0.15) is 13.2 Å². The molecule has 0 aliphatic heterocycles. The maximum Gasteiger partial charge on any atom is 0.490 e. The van der Waals surface area contributed by atoms with Crippen molar-refractivity contribution in [3.63, 3.8) is 0 Å². The summed E-state index contributed by atoms with van der Waals surface area (Å²) in [5.74, 6) is -0.304. The van der Waals surface area contributed by atoms with Gasteiger partial charge in [0.05, 0.1) is 4.90 Å². The number of hydrogen-bond donors (Lipinski definition) is 3. The molecule has 0 bridgehead atoms. The average molecular weight is 238 g/mol. The number of nitrogen functional groups attached to an aromatic ring is 1. The van der Waals surface area contributed by atoms with E-state index in [0.29, 0.717) is 0 Å². The van der Waals surface area contributed by atoms with E-state index in [2.05, 4.69) is 4.98 Å². The Labute approximate surface area is 87.5 Å². The van der Waals surface area contributed by atoms with Crippen molar-refractivity contribution in [3.8, 4) is 0 Å². The summed E-state index contributed by atoms with van der Waals surface area (Å²) >= 11 is -0.451. The van der Waals surface area contributed by atoms with Gasteiger partial charge in [-0.25, -0.2) is 4.98 Å². The molecular formula is C6H6BF3N2O2S. The molecule has 0 radical (unpaired) electrons. The van der Waals surface area contributed by atoms with Gasteiger partial charge in [-0.1, -0.05) is 0 Å². The molecule has 4 N–H and O–H groups in total. The van der Waals surface area contributed by atoms with E-state index < -0.39 is 24.4 Å². The van der Waals surface area contributed by atoms with E-state index in [1.165, 1.54) is 0 Å². The van der Waals surface area contributed by atoms with Crippen LogP contribution in [-0.4, -0.2) is 27.7 Å². The van der Waals surface area contributed by atoms with Gasteiger partial charge in [-0.15, -0.1) is 0 Å². The number of thioether (sulfide) groups is 1. The van der Waals surface area contributed by atoms with E-state index in [0.717, 1.165) is 12.3 Å². The average Bonchev–Trinajstić information content (AvgIpc) is 2.06. The van der Waals surface area contributed by atoms with Crippen molar-refractivity contribution in [3.05, 3.63) is 12.3 Å². The van der Waals surface area contributed by atoms with Crippen molar-refractivity contribution in [2.45, 2.75) is 10.4 Å². The highest BCUT2D eigenvalue weighted by Crippen LogP contribution is 2.38. The summed E-state index contributed by atoms with van der Waals surface area (Å²) in [6, 6.07) is 0.936. The third-order valence-corrected chi connectivity index (χ3v) is 2.21.